The van der Waals surface area contributed by atoms with Gasteiger partial charge < -0.3 is 20.3 Å². The maximum absolute atomic E-state index is 5.73. The van der Waals surface area contributed by atoms with Crippen LogP contribution in [-0.2, 0) is 7.05 Å². The van der Waals surface area contributed by atoms with Crippen molar-refractivity contribution < 1.29 is 4.74 Å². The minimum absolute atomic E-state index is 0.214. The average Bonchev–Trinajstić information content (AvgIpc) is 3.04. The number of nitrogens with zero attached hydrogens (tertiary/aromatic N) is 4. The van der Waals surface area contributed by atoms with E-state index in [0.29, 0.717) is 13.2 Å². The Labute approximate surface area is 156 Å². The van der Waals surface area contributed by atoms with Crippen molar-refractivity contribution in [3.05, 3.63) is 47.8 Å². The number of benzene rings is 1. The zero-order valence-corrected chi connectivity index (χ0v) is 16.4. The molecule has 1 atom stereocenters. The van der Waals surface area contributed by atoms with Gasteiger partial charge in [-0.25, -0.2) is 0 Å². The summed E-state index contributed by atoms with van der Waals surface area (Å²) >= 11 is 0. The number of ether oxygens (including phenoxy) is 1. The third-order valence-corrected chi connectivity index (χ3v) is 4.10. The number of rotatable bonds is 8. The molecular weight excluding hydrogens is 328 g/mol. The quantitative estimate of drug-likeness (QED) is 0.426. The van der Waals surface area contributed by atoms with Crippen molar-refractivity contribution in [2.24, 2.45) is 12.0 Å². The third-order valence-electron chi connectivity index (χ3n) is 4.10. The van der Waals surface area contributed by atoms with Crippen molar-refractivity contribution in [3.8, 4) is 5.75 Å². The highest BCUT2D eigenvalue weighted by atomic mass is 16.5. The molecule has 0 aliphatic heterocycles. The Morgan fingerprint density at radius 2 is 2.00 bits per heavy atom. The maximum Gasteiger partial charge on any atom is 0.191 e. The van der Waals surface area contributed by atoms with Crippen LogP contribution in [0.1, 0.15) is 17.2 Å². The molecule has 7 heteroatoms. The number of aryl methyl sites for hydroxylation is 2. The molecule has 0 aliphatic rings. The fourth-order valence-electron chi connectivity index (χ4n) is 2.60. The van der Waals surface area contributed by atoms with Gasteiger partial charge in [-0.05, 0) is 33.2 Å². The van der Waals surface area contributed by atoms with Crippen molar-refractivity contribution in [3.63, 3.8) is 0 Å². The molecular formula is C19H30N6O. The maximum atomic E-state index is 5.73. The van der Waals surface area contributed by atoms with Crippen LogP contribution in [0.4, 0.5) is 0 Å². The van der Waals surface area contributed by atoms with Crippen LogP contribution in [0.2, 0.25) is 0 Å². The Kier molecular flexibility index (Phi) is 7.47. The van der Waals surface area contributed by atoms with E-state index in [0.717, 1.165) is 18.3 Å². The number of likely N-dealkylation sites (N-methyl/N-ethyl adjacent to an activating group) is 1. The van der Waals surface area contributed by atoms with Crippen LogP contribution >= 0.6 is 0 Å². The lowest BCUT2D eigenvalue weighted by Gasteiger charge is -2.24. The zero-order chi connectivity index (χ0) is 18.9. The second kappa shape index (κ2) is 9.82. The molecule has 7 nitrogen and oxygen atoms in total. The van der Waals surface area contributed by atoms with Gasteiger partial charge in [0, 0.05) is 32.4 Å². The van der Waals surface area contributed by atoms with Gasteiger partial charge >= 0.3 is 0 Å². The first kappa shape index (κ1) is 19.8. The summed E-state index contributed by atoms with van der Waals surface area (Å²) in [6.07, 6.45) is 3.94. The molecule has 142 valence electrons. The normalized spacial score (nSPS) is 12.9. The fraction of sp³-hybridized carbons (Fsp3) is 0.474. The second-order valence-electron chi connectivity index (χ2n) is 6.47. The first-order valence-electron chi connectivity index (χ1n) is 8.78. The van der Waals surface area contributed by atoms with Crippen molar-refractivity contribution in [2.75, 3.05) is 40.8 Å². The standard InChI is InChI=1S/C19H30N6O/c1-15-6-8-17(9-7-15)26-11-10-21-19(20-2)22-13-18(24(3)4)16-12-23-25(5)14-16/h6-9,12,14,18H,10-11,13H2,1-5H3,(H2,20,21,22). The summed E-state index contributed by atoms with van der Waals surface area (Å²) in [6, 6.07) is 8.27. The Morgan fingerprint density at radius 3 is 2.58 bits per heavy atom. The molecule has 0 radical (unpaired) electrons. The zero-order valence-electron chi connectivity index (χ0n) is 16.4. The third kappa shape index (κ3) is 6.07. The Morgan fingerprint density at radius 1 is 1.27 bits per heavy atom. The van der Waals surface area contributed by atoms with Gasteiger partial charge in [0.25, 0.3) is 0 Å². The molecule has 0 saturated carbocycles. The molecule has 1 heterocycles. The number of guanidine groups is 1. The van der Waals surface area contributed by atoms with Crippen LogP contribution in [0, 0.1) is 6.92 Å². The molecule has 2 aromatic rings. The Hall–Kier alpha value is -2.54. The molecule has 0 bridgehead atoms. The summed E-state index contributed by atoms with van der Waals surface area (Å²) in [7, 11) is 7.82. The molecule has 2 N–H and O–H groups in total. The van der Waals surface area contributed by atoms with Crippen LogP contribution in [0.25, 0.3) is 0 Å². The molecule has 2 rings (SSSR count). The predicted molar refractivity (Wildman–Crippen MR) is 106 cm³/mol. The van der Waals surface area contributed by atoms with Gasteiger partial charge in [-0.2, -0.15) is 5.10 Å². The molecule has 0 saturated heterocycles. The van der Waals surface area contributed by atoms with Crippen molar-refractivity contribution in [1.29, 1.82) is 0 Å². The van der Waals surface area contributed by atoms with E-state index in [1.54, 1.807) is 7.05 Å². The lowest BCUT2D eigenvalue weighted by molar-refractivity contribution is 0.297. The molecule has 0 fully saturated rings. The topological polar surface area (TPSA) is 66.7 Å². The van der Waals surface area contributed by atoms with Crippen molar-refractivity contribution >= 4 is 5.96 Å². The van der Waals surface area contributed by atoms with Gasteiger partial charge in [0.15, 0.2) is 5.96 Å². The van der Waals surface area contributed by atoms with Gasteiger partial charge in [-0.1, -0.05) is 17.7 Å². The first-order valence-corrected chi connectivity index (χ1v) is 8.78. The summed E-state index contributed by atoms with van der Waals surface area (Å²) in [5.74, 6) is 1.64. The van der Waals surface area contributed by atoms with E-state index in [-0.39, 0.29) is 6.04 Å². The number of aromatic nitrogens is 2. The van der Waals surface area contributed by atoms with E-state index in [9.17, 15) is 0 Å². The summed E-state index contributed by atoms with van der Waals surface area (Å²) < 4.78 is 7.55. The summed E-state index contributed by atoms with van der Waals surface area (Å²) in [4.78, 5) is 6.44. The molecule has 1 aromatic heterocycles. The second-order valence-corrected chi connectivity index (χ2v) is 6.47. The van der Waals surface area contributed by atoms with Crippen molar-refractivity contribution in [2.45, 2.75) is 13.0 Å². The minimum Gasteiger partial charge on any atom is -0.492 e. The molecule has 1 unspecified atom stereocenters. The summed E-state index contributed by atoms with van der Waals surface area (Å²) in [5, 5.41) is 10.9. The lowest BCUT2D eigenvalue weighted by atomic mass is 10.1. The Balaban J connectivity index is 1.76. The molecule has 0 aliphatic carbocycles. The van der Waals surface area contributed by atoms with Crippen LogP contribution in [0.5, 0.6) is 5.75 Å². The largest absolute Gasteiger partial charge is 0.492 e. The van der Waals surface area contributed by atoms with E-state index in [1.165, 1.54) is 11.1 Å². The monoisotopic (exact) mass is 358 g/mol. The molecule has 0 spiro atoms. The molecule has 0 amide bonds. The number of aliphatic imine (C=N–C) groups is 1. The first-order chi connectivity index (χ1) is 12.5. The van der Waals surface area contributed by atoms with Crippen LogP contribution in [0.3, 0.4) is 0 Å². The van der Waals surface area contributed by atoms with Crippen molar-refractivity contribution in [1.82, 2.24) is 25.3 Å². The number of nitrogens with one attached hydrogen (secondary N) is 2. The highest BCUT2D eigenvalue weighted by Gasteiger charge is 2.16. The minimum atomic E-state index is 0.214. The summed E-state index contributed by atoms with van der Waals surface area (Å²) in [6.45, 7) is 4.04. The van der Waals surface area contributed by atoms with Gasteiger partial charge in [0.05, 0.1) is 18.8 Å². The smallest absolute Gasteiger partial charge is 0.191 e. The molecule has 1 aromatic carbocycles. The Bertz CT molecular complexity index is 692. The number of hydrogen-bond donors (Lipinski definition) is 2. The summed E-state index contributed by atoms with van der Waals surface area (Å²) in [5.41, 5.74) is 2.40. The predicted octanol–water partition coefficient (Wildman–Crippen LogP) is 1.58. The van der Waals surface area contributed by atoms with Gasteiger partial charge in [-0.3, -0.25) is 9.67 Å². The molecule has 26 heavy (non-hydrogen) atoms. The van der Waals surface area contributed by atoms with Crippen LogP contribution in [-0.4, -0.2) is 61.5 Å². The van der Waals surface area contributed by atoms with Crippen LogP contribution in [0.15, 0.2) is 41.7 Å². The fourth-order valence-corrected chi connectivity index (χ4v) is 2.60. The SMILES string of the molecule is CN=C(NCCOc1ccc(C)cc1)NCC(c1cnn(C)c1)N(C)C. The van der Waals surface area contributed by atoms with E-state index < -0.39 is 0 Å². The van der Waals surface area contributed by atoms with E-state index in [4.69, 9.17) is 4.74 Å². The van der Waals surface area contributed by atoms with E-state index in [1.807, 2.05) is 48.4 Å². The van der Waals surface area contributed by atoms with E-state index in [2.05, 4.69) is 46.6 Å². The number of hydrogen-bond acceptors (Lipinski definition) is 4. The highest BCUT2D eigenvalue weighted by Crippen LogP contribution is 2.16. The van der Waals surface area contributed by atoms with Crippen LogP contribution < -0.4 is 15.4 Å². The van der Waals surface area contributed by atoms with Gasteiger partial charge in [0.1, 0.15) is 12.4 Å². The van der Waals surface area contributed by atoms with Gasteiger partial charge in [-0.15, -0.1) is 0 Å². The highest BCUT2D eigenvalue weighted by molar-refractivity contribution is 5.79. The van der Waals surface area contributed by atoms with Gasteiger partial charge in [0.2, 0.25) is 0 Å². The van der Waals surface area contributed by atoms with E-state index >= 15 is 0 Å². The average molecular weight is 358 g/mol. The lowest BCUT2D eigenvalue weighted by Crippen LogP contribution is -2.42.